The van der Waals surface area contributed by atoms with E-state index in [1.807, 2.05) is 83.9 Å². The molecule has 1 aromatic heterocycles. The van der Waals surface area contributed by atoms with Crippen molar-refractivity contribution in [2.45, 2.75) is 24.4 Å². The number of alkyl halides is 1. The molecule has 0 bridgehead atoms. The van der Waals surface area contributed by atoms with Gasteiger partial charge in [0, 0.05) is 56.2 Å². The summed E-state index contributed by atoms with van der Waals surface area (Å²) in [6, 6.07) is 26.9. The molecule has 1 fully saturated rings. The Balaban J connectivity index is 1.30. The van der Waals surface area contributed by atoms with Gasteiger partial charge in [-0.1, -0.05) is 78.9 Å². The molecule has 1 saturated heterocycles. The molecule has 4 aromatic rings. The van der Waals surface area contributed by atoms with Crippen LogP contribution in [0.2, 0.25) is 0 Å². The zero-order chi connectivity index (χ0) is 25.6. The van der Waals surface area contributed by atoms with Crippen LogP contribution in [0.5, 0.6) is 0 Å². The topological polar surface area (TPSA) is 68.4 Å². The fourth-order valence-electron chi connectivity index (χ4n) is 4.93. The third-order valence-corrected chi connectivity index (χ3v) is 7.42. The number of aromatic amines is 1. The summed E-state index contributed by atoms with van der Waals surface area (Å²) in [7, 11) is 0. The lowest BCUT2D eigenvalue weighted by Crippen LogP contribution is -2.55. The number of carbonyl (C=O) groups is 2. The van der Waals surface area contributed by atoms with E-state index in [0.717, 1.165) is 36.1 Å². The second-order valence-corrected chi connectivity index (χ2v) is 9.92. The van der Waals surface area contributed by atoms with Crippen LogP contribution in [-0.2, 0) is 22.6 Å². The van der Waals surface area contributed by atoms with Gasteiger partial charge in [-0.15, -0.1) is 11.6 Å². The van der Waals surface area contributed by atoms with Gasteiger partial charge in [-0.2, -0.15) is 0 Å². The second-order valence-electron chi connectivity index (χ2n) is 9.49. The molecule has 190 valence electrons. The highest BCUT2D eigenvalue weighted by atomic mass is 35.5. The van der Waals surface area contributed by atoms with E-state index in [9.17, 15) is 9.59 Å². The van der Waals surface area contributed by atoms with Gasteiger partial charge in [0.05, 0.1) is 0 Å². The lowest BCUT2D eigenvalue weighted by molar-refractivity contribution is -0.138. The molecular weight excluding hydrogens is 484 g/mol. The van der Waals surface area contributed by atoms with Crippen molar-refractivity contribution in [2.24, 2.45) is 0 Å². The smallest absolute Gasteiger partial charge is 0.245 e. The van der Waals surface area contributed by atoms with E-state index in [1.54, 1.807) is 0 Å². The number of nitrogens with one attached hydrogen (secondary N) is 2. The molecule has 5 rings (SSSR count). The average molecular weight is 515 g/mol. The maximum atomic E-state index is 13.8. The summed E-state index contributed by atoms with van der Waals surface area (Å²) in [5, 5.41) is 3.15. The van der Waals surface area contributed by atoms with Crippen LogP contribution >= 0.6 is 11.6 Å². The van der Waals surface area contributed by atoms with Crippen molar-refractivity contribution in [3.8, 4) is 0 Å². The number of rotatable bonds is 8. The Morgan fingerprint density at radius 3 is 2.24 bits per heavy atom. The molecule has 2 amide bonds. The van der Waals surface area contributed by atoms with Crippen LogP contribution in [-0.4, -0.2) is 58.8 Å². The van der Waals surface area contributed by atoms with E-state index in [0.29, 0.717) is 25.1 Å². The molecule has 2 N–H and O–H groups in total. The minimum atomic E-state index is -0.873. The van der Waals surface area contributed by atoms with Crippen LogP contribution < -0.4 is 5.32 Å². The Labute approximate surface area is 222 Å². The highest BCUT2D eigenvalue weighted by Crippen LogP contribution is 2.23. The normalized spacial score (nSPS) is 15.9. The molecule has 2 atom stereocenters. The number of halogens is 1. The van der Waals surface area contributed by atoms with Crippen LogP contribution in [0.4, 0.5) is 0 Å². The maximum absolute atomic E-state index is 13.8. The number of hydrogen-bond donors (Lipinski definition) is 2. The van der Waals surface area contributed by atoms with E-state index in [2.05, 4.69) is 27.3 Å². The highest BCUT2D eigenvalue weighted by molar-refractivity contribution is 6.31. The van der Waals surface area contributed by atoms with Crippen molar-refractivity contribution in [1.29, 1.82) is 0 Å². The Bertz CT molecular complexity index is 1330. The van der Waals surface area contributed by atoms with Crippen molar-refractivity contribution >= 4 is 34.3 Å². The van der Waals surface area contributed by atoms with E-state index >= 15 is 0 Å². The lowest BCUT2D eigenvalue weighted by Gasteiger charge is -2.36. The van der Waals surface area contributed by atoms with Gasteiger partial charge in [-0.05, 0) is 22.8 Å². The first-order chi connectivity index (χ1) is 18.1. The lowest BCUT2D eigenvalue weighted by atomic mass is 10.0. The second kappa shape index (κ2) is 11.6. The zero-order valence-electron chi connectivity index (χ0n) is 20.6. The largest absolute Gasteiger partial charge is 0.361 e. The van der Waals surface area contributed by atoms with Gasteiger partial charge in [0.15, 0.2) is 0 Å². The molecule has 1 aliphatic rings. The number of amides is 2. The van der Waals surface area contributed by atoms with E-state index in [4.69, 9.17) is 11.6 Å². The summed E-state index contributed by atoms with van der Waals surface area (Å²) in [5.74, 6) is -0.441. The molecule has 6 nitrogen and oxygen atoms in total. The number of H-pyrrole nitrogens is 1. The van der Waals surface area contributed by atoms with Crippen molar-refractivity contribution in [1.82, 2.24) is 20.1 Å². The highest BCUT2D eigenvalue weighted by Gasteiger charge is 2.31. The van der Waals surface area contributed by atoms with Crippen LogP contribution in [0.15, 0.2) is 91.1 Å². The molecule has 1 aliphatic heterocycles. The third kappa shape index (κ3) is 6.04. The fourth-order valence-corrected chi connectivity index (χ4v) is 5.14. The van der Waals surface area contributed by atoms with E-state index in [1.165, 1.54) is 5.56 Å². The summed E-state index contributed by atoms with van der Waals surface area (Å²) in [6.45, 7) is 3.68. The number of nitrogens with zero attached hydrogens (tertiary/aromatic N) is 2. The minimum absolute atomic E-state index is 0.0741. The number of piperazine rings is 1. The molecular formula is C30H31ClN4O2. The number of carbonyl (C=O) groups excluding carboxylic acids is 2. The monoisotopic (exact) mass is 514 g/mol. The van der Waals surface area contributed by atoms with Crippen LogP contribution in [0.3, 0.4) is 0 Å². The van der Waals surface area contributed by atoms with Crippen LogP contribution in [0, 0.1) is 0 Å². The average Bonchev–Trinajstić information content (AvgIpc) is 3.36. The Morgan fingerprint density at radius 1 is 0.865 bits per heavy atom. The van der Waals surface area contributed by atoms with Gasteiger partial charge in [0.1, 0.15) is 11.4 Å². The van der Waals surface area contributed by atoms with Gasteiger partial charge in [0.2, 0.25) is 11.8 Å². The number of fused-ring (bicyclic) bond motifs is 1. The molecule has 3 aromatic carbocycles. The molecule has 37 heavy (non-hydrogen) atoms. The van der Waals surface area contributed by atoms with Crippen molar-refractivity contribution in [3.63, 3.8) is 0 Å². The summed E-state index contributed by atoms with van der Waals surface area (Å²) in [5.41, 5.74) is 3.96. The third-order valence-electron chi connectivity index (χ3n) is 6.97. The first-order valence-corrected chi connectivity index (χ1v) is 13.1. The quantitative estimate of drug-likeness (QED) is 0.340. The summed E-state index contributed by atoms with van der Waals surface area (Å²) in [6.07, 6.45) is 2.31. The molecule has 0 spiro atoms. The van der Waals surface area contributed by atoms with Crippen molar-refractivity contribution < 1.29 is 9.59 Å². The number of aromatic nitrogens is 1. The van der Waals surface area contributed by atoms with Gasteiger partial charge in [-0.25, -0.2) is 0 Å². The maximum Gasteiger partial charge on any atom is 0.245 e. The van der Waals surface area contributed by atoms with Crippen molar-refractivity contribution in [2.75, 3.05) is 26.2 Å². The molecule has 0 aliphatic carbocycles. The van der Waals surface area contributed by atoms with Gasteiger partial charge in [-0.3, -0.25) is 14.5 Å². The predicted molar refractivity (Wildman–Crippen MR) is 147 cm³/mol. The summed E-state index contributed by atoms with van der Waals surface area (Å²) in [4.78, 5) is 34.4. The fraction of sp³-hybridized carbons (Fsp3) is 0.267. The van der Waals surface area contributed by atoms with Gasteiger partial charge < -0.3 is 15.2 Å². The van der Waals surface area contributed by atoms with Crippen LogP contribution in [0.1, 0.15) is 22.1 Å². The first-order valence-electron chi connectivity index (χ1n) is 12.7. The van der Waals surface area contributed by atoms with Gasteiger partial charge >= 0.3 is 0 Å². The van der Waals surface area contributed by atoms with Gasteiger partial charge in [0.25, 0.3) is 0 Å². The Morgan fingerprint density at radius 2 is 1.51 bits per heavy atom. The molecule has 0 saturated carbocycles. The summed E-state index contributed by atoms with van der Waals surface area (Å²) >= 11 is 6.51. The minimum Gasteiger partial charge on any atom is -0.361 e. The molecule has 0 radical (unpaired) electrons. The number of benzene rings is 3. The molecule has 2 heterocycles. The number of para-hydroxylation sites is 1. The van der Waals surface area contributed by atoms with E-state index < -0.39 is 11.4 Å². The van der Waals surface area contributed by atoms with E-state index in [-0.39, 0.29) is 11.8 Å². The van der Waals surface area contributed by atoms with Crippen molar-refractivity contribution in [3.05, 3.63) is 108 Å². The molecule has 7 heteroatoms. The first kappa shape index (κ1) is 25.1. The van der Waals surface area contributed by atoms with Crippen LogP contribution in [0.25, 0.3) is 10.9 Å². The Hall–Kier alpha value is -3.61. The zero-order valence-corrected chi connectivity index (χ0v) is 21.4. The molecule has 2 unspecified atom stereocenters. The predicted octanol–water partition coefficient (Wildman–Crippen LogP) is 4.52. The number of hydrogen-bond acceptors (Lipinski definition) is 3. The standard InChI is InChI=1S/C30H31ClN4O2/c31-28(23-11-5-2-6-12-23)29(36)33-27(19-24-20-32-26-14-8-7-13-25(24)26)30(37)35-17-15-34(16-18-35)21-22-9-3-1-4-10-22/h1-14,20,27-28,32H,15-19,21H2,(H,33,36). The summed E-state index contributed by atoms with van der Waals surface area (Å²) < 4.78 is 0. The SMILES string of the molecule is O=C(NC(Cc1c[nH]c2ccccc12)C(=O)N1CCN(Cc2ccccc2)CC1)C(Cl)c1ccccc1. The Kier molecular flexibility index (Phi) is 7.87.